The van der Waals surface area contributed by atoms with Gasteiger partial charge >= 0.3 is 0 Å². The van der Waals surface area contributed by atoms with Crippen LogP contribution in [0.3, 0.4) is 0 Å². The van der Waals surface area contributed by atoms with Crippen molar-refractivity contribution in [1.82, 2.24) is 20.3 Å². The van der Waals surface area contributed by atoms with Gasteiger partial charge in [-0.15, -0.1) is 0 Å². The summed E-state index contributed by atoms with van der Waals surface area (Å²) in [5.74, 6) is 0.889. The van der Waals surface area contributed by atoms with Crippen LogP contribution in [0.2, 0.25) is 5.02 Å². The van der Waals surface area contributed by atoms with Crippen LogP contribution in [0, 0.1) is 0 Å². The quantitative estimate of drug-likeness (QED) is 0.425. The lowest BCUT2D eigenvalue weighted by Crippen LogP contribution is -2.49. The fraction of sp³-hybridized carbons (Fsp3) is 0.250. The van der Waals surface area contributed by atoms with Crippen molar-refractivity contribution in [3.05, 3.63) is 77.7 Å². The van der Waals surface area contributed by atoms with E-state index in [1.54, 1.807) is 6.33 Å². The van der Waals surface area contributed by atoms with Crippen molar-refractivity contribution in [3.8, 4) is 11.1 Å². The fourth-order valence-electron chi connectivity index (χ4n) is 4.39. The third kappa shape index (κ3) is 3.78. The Hall–Kier alpha value is -2.89. The molecule has 2 aromatic carbocycles. The number of piperidine rings is 1. The first kappa shape index (κ1) is 19.1. The number of halogens is 1. The minimum Gasteiger partial charge on any atom is -0.364 e. The predicted molar refractivity (Wildman–Crippen MR) is 123 cm³/mol. The molecule has 152 valence electrons. The predicted octanol–water partition coefficient (Wildman–Crippen LogP) is 5.06. The Morgan fingerprint density at radius 2 is 1.83 bits per heavy atom. The summed E-state index contributed by atoms with van der Waals surface area (Å²) < 4.78 is 0. The summed E-state index contributed by atoms with van der Waals surface area (Å²) in [6, 6.07) is 18.8. The van der Waals surface area contributed by atoms with Gasteiger partial charge in [-0.1, -0.05) is 48.0 Å². The van der Waals surface area contributed by atoms with E-state index in [2.05, 4.69) is 49.9 Å². The number of hydrogen-bond donors (Lipinski definition) is 3. The zero-order valence-electron chi connectivity index (χ0n) is 16.7. The van der Waals surface area contributed by atoms with Crippen LogP contribution in [0.15, 0.2) is 67.1 Å². The molecule has 0 radical (unpaired) electrons. The number of nitrogens with zero attached hydrogens (tertiary/aromatic N) is 2. The molecular formula is C24H24ClN5. The first-order valence-corrected chi connectivity index (χ1v) is 10.7. The largest absolute Gasteiger partial charge is 0.364 e. The van der Waals surface area contributed by atoms with Crippen molar-refractivity contribution in [1.29, 1.82) is 0 Å². The number of benzene rings is 2. The van der Waals surface area contributed by atoms with Crippen molar-refractivity contribution >= 4 is 28.5 Å². The topological polar surface area (TPSA) is 65.6 Å². The lowest BCUT2D eigenvalue weighted by molar-refractivity contribution is 0.335. The molecule has 3 heterocycles. The highest BCUT2D eigenvalue weighted by Crippen LogP contribution is 2.34. The van der Waals surface area contributed by atoms with Crippen LogP contribution in [0.4, 0.5) is 5.82 Å². The van der Waals surface area contributed by atoms with Gasteiger partial charge in [-0.05, 0) is 61.7 Å². The Balaban J connectivity index is 1.49. The molecule has 3 N–H and O–H groups in total. The third-order valence-electron chi connectivity index (χ3n) is 5.96. The highest BCUT2D eigenvalue weighted by Gasteiger charge is 2.33. The van der Waals surface area contributed by atoms with E-state index in [0.717, 1.165) is 65.4 Å². The van der Waals surface area contributed by atoms with Gasteiger partial charge in [-0.3, -0.25) is 0 Å². The second kappa shape index (κ2) is 8.09. The normalized spacial score (nSPS) is 15.9. The molecule has 1 aliphatic heterocycles. The van der Waals surface area contributed by atoms with E-state index < -0.39 is 0 Å². The molecule has 5 rings (SSSR count). The summed E-state index contributed by atoms with van der Waals surface area (Å²) in [5.41, 5.74) is 4.27. The summed E-state index contributed by atoms with van der Waals surface area (Å²) in [6.07, 6.45) is 6.47. The lowest BCUT2D eigenvalue weighted by Gasteiger charge is -2.39. The number of aromatic nitrogens is 3. The standard InChI is InChI=1S/C24H24ClN5/c25-21-7-6-17(14-20(21)18-4-2-1-3-5-18)15-24(9-12-26-13-10-24)30-23-19-8-11-27-22(19)28-16-29-23/h1-8,11,14,16,26H,9-10,12-13,15H2,(H2,27,28,29,30). The van der Waals surface area contributed by atoms with E-state index in [4.69, 9.17) is 11.6 Å². The summed E-state index contributed by atoms with van der Waals surface area (Å²) in [6.45, 7) is 1.96. The van der Waals surface area contributed by atoms with Crippen LogP contribution in [-0.4, -0.2) is 33.6 Å². The lowest BCUT2D eigenvalue weighted by atomic mass is 9.81. The molecule has 0 atom stereocenters. The SMILES string of the molecule is Clc1ccc(CC2(Nc3ncnc4[nH]ccc34)CCNCC2)cc1-c1ccccc1. The average molecular weight is 418 g/mol. The van der Waals surface area contributed by atoms with Gasteiger partial charge in [0.15, 0.2) is 0 Å². The van der Waals surface area contributed by atoms with Crippen LogP contribution in [-0.2, 0) is 6.42 Å². The van der Waals surface area contributed by atoms with Gasteiger partial charge in [0.2, 0.25) is 0 Å². The van der Waals surface area contributed by atoms with Crippen molar-refractivity contribution in [2.75, 3.05) is 18.4 Å². The minimum atomic E-state index is -0.0778. The number of aromatic amines is 1. The van der Waals surface area contributed by atoms with Gasteiger partial charge in [-0.2, -0.15) is 0 Å². The maximum Gasteiger partial charge on any atom is 0.142 e. The molecule has 30 heavy (non-hydrogen) atoms. The molecule has 0 amide bonds. The van der Waals surface area contributed by atoms with Gasteiger partial charge in [0.25, 0.3) is 0 Å². The number of H-pyrrole nitrogens is 1. The highest BCUT2D eigenvalue weighted by atomic mass is 35.5. The number of anilines is 1. The van der Waals surface area contributed by atoms with Gasteiger partial charge < -0.3 is 15.6 Å². The van der Waals surface area contributed by atoms with Crippen molar-refractivity contribution in [2.24, 2.45) is 0 Å². The number of nitrogens with one attached hydrogen (secondary N) is 3. The van der Waals surface area contributed by atoms with Crippen molar-refractivity contribution in [3.63, 3.8) is 0 Å². The summed E-state index contributed by atoms with van der Waals surface area (Å²) in [7, 11) is 0. The highest BCUT2D eigenvalue weighted by molar-refractivity contribution is 6.33. The smallest absolute Gasteiger partial charge is 0.142 e. The van der Waals surface area contributed by atoms with Gasteiger partial charge in [0, 0.05) is 22.3 Å². The van der Waals surface area contributed by atoms with Crippen LogP contribution >= 0.6 is 11.6 Å². The molecule has 0 saturated carbocycles. The number of fused-ring (bicyclic) bond motifs is 1. The Kier molecular flexibility index (Phi) is 5.15. The van der Waals surface area contributed by atoms with Crippen LogP contribution in [0.1, 0.15) is 18.4 Å². The molecule has 0 unspecified atom stereocenters. The Morgan fingerprint density at radius 1 is 1.00 bits per heavy atom. The minimum absolute atomic E-state index is 0.0778. The summed E-state index contributed by atoms with van der Waals surface area (Å²) >= 11 is 6.54. The molecule has 2 aromatic heterocycles. The van der Waals surface area contributed by atoms with E-state index >= 15 is 0 Å². The summed E-state index contributed by atoms with van der Waals surface area (Å²) in [4.78, 5) is 12.1. The third-order valence-corrected chi connectivity index (χ3v) is 6.29. The molecule has 1 saturated heterocycles. The maximum atomic E-state index is 6.54. The van der Waals surface area contributed by atoms with E-state index in [9.17, 15) is 0 Å². The zero-order valence-corrected chi connectivity index (χ0v) is 17.4. The molecule has 5 nitrogen and oxygen atoms in total. The molecule has 1 aliphatic rings. The second-order valence-electron chi connectivity index (χ2n) is 7.97. The number of rotatable bonds is 5. The van der Waals surface area contributed by atoms with E-state index in [1.165, 1.54) is 5.56 Å². The molecule has 6 heteroatoms. The van der Waals surface area contributed by atoms with Gasteiger partial charge in [0.1, 0.15) is 17.8 Å². The second-order valence-corrected chi connectivity index (χ2v) is 8.38. The summed E-state index contributed by atoms with van der Waals surface area (Å²) in [5, 5.41) is 9.10. The van der Waals surface area contributed by atoms with Crippen molar-refractivity contribution in [2.45, 2.75) is 24.8 Å². The molecule has 1 fully saturated rings. The van der Waals surface area contributed by atoms with E-state index in [-0.39, 0.29) is 5.54 Å². The number of hydrogen-bond acceptors (Lipinski definition) is 4. The van der Waals surface area contributed by atoms with Crippen LogP contribution in [0.25, 0.3) is 22.2 Å². The van der Waals surface area contributed by atoms with Crippen LogP contribution < -0.4 is 10.6 Å². The molecular weight excluding hydrogens is 394 g/mol. The average Bonchev–Trinajstić information content (AvgIpc) is 3.26. The Bertz CT molecular complexity index is 1150. The zero-order chi connectivity index (χ0) is 20.4. The van der Waals surface area contributed by atoms with Gasteiger partial charge in [0.05, 0.1) is 5.39 Å². The molecule has 4 aromatic rings. The molecule has 0 bridgehead atoms. The monoisotopic (exact) mass is 417 g/mol. The molecule has 0 aliphatic carbocycles. The fourth-order valence-corrected chi connectivity index (χ4v) is 4.61. The Labute approximate surface area is 180 Å². The molecule has 0 spiro atoms. The van der Waals surface area contributed by atoms with Gasteiger partial charge in [-0.25, -0.2) is 9.97 Å². The van der Waals surface area contributed by atoms with E-state index in [0.29, 0.717) is 0 Å². The van der Waals surface area contributed by atoms with Crippen molar-refractivity contribution < 1.29 is 0 Å². The Morgan fingerprint density at radius 3 is 2.67 bits per heavy atom. The first-order chi connectivity index (χ1) is 14.7. The van der Waals surface area contributed by atoms with E-state index in [1.807, 2.05) is 36.5 Å². The van der Waals surface area contributed by atoms with Crippen LogP contribution in [0.5, 0.6) is 0 Å². The maximum absolute atomic E-state index is 6.54. The first-order valence-electron chi connectivity index (χ1n) is 10.3.